The lowest BCUT2D eigenvalue weighted by molar-refractivity contribution is 0.285. The summed E-state index contributed by atoms with van der Waals surface area (Å²) in [4.78, 5) is 0. The van der Waals surface area contributed by atoms with Gasteiger partial charge in [-0.1, -0.05) is 42.8 Å². The molecule has 0 aliphatic carbocycles. The first kappa shape index (κ1) is 15.6. The molecule has 0 fully saturated rings. The molecule has 1 aromatic rings. The van der Waals surface area contributed by atoms with E-state index < -0.39 is 0 Å². The fourth-order valence-corrected chi connectivity index (χ4v) is 2.84. The zero-order valence-electron chi connectivity index (χ0n) is 11.7. The summed E-state index contributed by atoms with van der Waals surface area (Å²) in [6.07, 6.45) is 1.80. The van der Waals surface area contributed by atoms with Gasteiger partial charge in [-0.2, -0.15) is 0 Å². The van der Waals surface area contributed by atoms with Gasteiger partial charge < -0.3 is 5.32 Å². The lowest BCUT2D eigenvalue weighted by atomic mass is 9.80. The third-order valence-corrected chi connectivity index (χ3v) is 3.59. The van der Waals surface area contributed by atoms with Gasteiger partial charge in [0, 0.05) is 10.5 Å². The first-order valence-corrected chi connectivity index (χ1v) is 7.30. The molecule has 0 spiro atoms. The molecule has 1 unspecified atom stereocenters. The molecule has 0 amide bonds. The van der Waals surface area contributed by atoms with Crippen molar-refractivity contribution in [2.45, 2.75) is 46.6 Å². The van der Waals surface area contributed by atoms with Crippen molar-refractivity contribution >= 4 is 15.9 Å². The summed E-state index contributed by atoms with van der Waals surface area (Å²) in [5, 5.41) is 3.41. The molecule has 0 saturated carbocycles. The minimum Gasteiger partial charge on any atom is -0.315 e. The standard InChI is InChI=1S/C15H23BrFN/c1-5-18-11(2)9-15(3,4)10-12-6-7-13(16)8-14(12)17/h6-8,11,18H,5,9-10H2,1-4H3. The van der Waals surface area contributed by atoms with Gasteiger partial charge in [0.1, 0.15) is 5.82 Å². The molecule has 0 heterocycles. The Bertz CT molecular complexity index is 390. The van der Waals surface area contributed by atoms with E-state index >= 15 is 0 Å². The minimum absolute atomic E-state index is 0.0935. The molecule has 3 heteroatoms. The molecule has 0 aliphatic heterocycles. The van der Waals surface area contributed by atoms with Crippen molar-refractivity contribution in [3.63, 3.8) is 0 Å². The molecule has 102 valence electrons. The van der Waals surface area contributed by atoms with Crippen LogP contribution in [-0.4, -0.2) is 12.6 Å². The van der Waals surface area contributed by atoms with E-state index in [0.717, 1.165) is 29.4 Å². The third kappa shape index (κ3) is 5.07. The van der Waals surface area contributed by atoms with Gasteiger partial charge in [0.2, 0.25) is 0 Å². The normalized spacial score (nSPS) is 13.7. The molecular weight excluding hydrogens is 293 g/mol. The molecule has 0 aromatic heterocycles. The van der Waals surface area contributed by atoms with Crippen LogP contribution in [0.3, 0.4) is 0 Å². The zero-order valence-corrected chi connectivity index (χ0v) is 13.3. The predicted molar refractivity (Wildman–Crippen MR) is 79.3 cm³/mol. The van der Waals surface area contributed by atoms with Crippen molar-refractivity contribution in [2.24, 2.45) is 5.41 Å². The summed E-state index contributed by atoms with van der Waals surface area (Å²) in [6.45, 7) is 9.66. The fraction of sp³-hybridized carbons (Fsp3) is 0.600. The first-order chi connectivity index (χ1) is 8.34. The van der Waals surface area contributed by atoms with Crippen LogP contribution >= 0.6 is 15.9 Å². The van der Waals surface area contributed by atoms with E-state index in [0.29, 0.717) is 6.04 Å². The molecule has 1 nitrogen and oxygen atoms in total. The zero-order chi connectivity index (χ0) is 13.8. The predicted octanol–water partition coefficient (Wildman–Crippen LogP) is 4.55. The van der Waals surface area contributed by atoms with Crippen molar-refractivity contribution in [1.82, 2.24) is 5.32 Å². The minimum atomic E-state index is -0.117. The maximum Gasteiger partial charge on any atom is 0.127 e. The van der Waals surface area contributed by atoms with Gasteiger partial charge in [-0.3, -0.25) is 0 Å². The second kappa shape index (κ2) is 6.67. The van der Waals surface area contributed by atoms with E-state index in [-0.39, 0.29) is 11.2 Å². The van der Waals surface area contributed by atoms with Gasteiger partial charge in [0.25, 0.3) is 0 Å². The third-order valence-electron chi connectivity index (χ3n) is 3.10. The summed E-state index contributed by atoms with van der Waals surface area (Å²) in [6, 6.07) is 5.78. The maximum absolute atomic E-state index is 13.8. The van der Waals surface area contributed by atoms with Crippen molar-refractivity contribution in [3.05, 3.63) is 34.1 Å². The molecular formula is C15H23BrFN. The summed E-state index contributed by atoms with van der Waals surface area (Å²) in [7, 11) is 0. The van der Waals surface area contributed by atoms with Gasteiger partial charge in [0.05, 0.1) is 0 Å². The Labute approximate surface area is 118 Å². The highest BCUT2D eigenvalue weighted by Crippen LogP contribution is 2.29. The van der Waals surface area contributed by atoms with Crippen LogP contribution in [0.2, 0.25) is 0 Å². The van der Waals surface area contributed by atoms with Crippen molar-refractivity contribution in [1.29, 1.82) is 0 Å². The average Bonchev–Trinajstić information content (AvgIpc) is 2.21. The summed E-state index contributed by atoms with van der Waals surface area (Å²) >= 11 is 3.29. The highest BCUT2D eigenvalue weighted by atomic mass is 79.9. The van der Waals surface area contributed by atoms with Crippen LogP contribution in [0.5, 0.6) is 0 Å². The number of benzene rings is 1. The molecule has 18 heavy (non-hydrogen) atoms. The van der Waals surface area contributed by atoms with E-state index in [1.54, 1.807) is 6.07 Å². The van der Waals surface area contributed by atoms with Crippen LogP contribution in [0, 0.1) is 11.2 Å². The summed E-state index contributed by atoms with van der Waals surface area (Å²) in [5.74, 6) is -0.117. The number of rotatable bonds is 6. The van der Waals surface area contributed by atoms with Crippen LogP contribution in [0.25, 0.3) is 0 Å². The first-order valence-electron chi connectivity index (χ1n) is 6.51. The van der Waals surface area contributed by atoms with Gasteiger partial charge >= 0.3 is 0 Å². The van der Waals surface area contributed by atoms with Gasteiger partial charge in [0.15, 0.2) is 0 Å². The summed E-state index contributed by atoms with van der Waals surface area (Å²) in [5.41, 5.74) is 0.892. The largest absolute Gasteiger partial charge is 0.315 e. The second-order valence-corrected chi connectivity index (χ2v) is 6.66. The highest BCUT2D eigenvalue weighted by Gasteiger charge is 2.22. The Morgan fingerprint density at radius 3 is 2.61 bits per heavy atom. The van der Waals surface area contributed by atoms with Crippen molar-refractivity contribution in [2.75, 3.05) is 6.54 Å². The Balaban J connectivity index is 2.69. The van der Waals surface area contributed by atoms with E-state index in [9.17, 15) is 4.39 Å². The van der Waals surface area contributed by atoms with E-state index in [1.165, 1.54) is 0 Å². The van der Waals surface area contributed by atoms with Crippen molar-refractivity contribution in [3.8, 4) is 0 Å². The smallest absolute Gasteiger partial charge is 0.127 e. The molecule has 0 aliphatic rings. The Hall–Kier alpha value is -0.410. The molecule has 1 rings (SSSR count). The van der Waals surface area contributed by atoms with E-state index in [2.05, 4.69) is 48.9 Å². The number of nitrogens with one attached hydrogen (secondary N) is 1. The van der Waals surface area contributed by atoms with E-state index in [1.807, 2.05) is 12.1 Å². The lowest BCUT2D eigenvalue weighted by Gasteiger charge is -2.28. The number of hydrogen-bond acceptors (Lipinski definition) is 1. The van der Waals surface area contributed by atoms with Crippen LogP contribution < -0.4 is 5.32 Å². The lowest BCUT2D eigenvalue weighted by Crippen LogP contribution is -2.32. The van der Waals surface area contributed by atoms with E-state index in [4.69, 9.17) is 0 Å². The summed E-state index contributed by atoms with van der Waals surface area (Å²) < 4.78 is 14.6. The Kier molecular flexibility index (Phi) is 5.80. The highest BCUT2D eigenvalue weighted by molar-refractivity contribution is 9.10. The second-order valence-electron chi connectivity index (χ2n) is 5.74. The maximum atomic E-state index is 13.8. The monoisotopic (exact) mass is 315 g/mol. The molecule has 1 N–H and O–H groups in total. The average molecular weight is 316 g/mol. The fourth-order valence-electron chi connectivity index (χ4n) is 2.50. The molecule has 0 bridgehead atoms. The van der Waals surface area contributed by atoms with Gasteiger partial charge in [-0.05, 0) is 49.4 Å². The quantitative estimate of drug-likeness (QED) is 0.812. The van der Waals surface area contributed by atoms with Crippen LogP contribution in [-0.2, 0) is 6.42 Å². The molecule has 0 saturated heterocycles. The molecule has 0 radical (unpaired) electrons. The SMILES string of the molecule is CCNC(C)CC(C)(C)Cc1ccc(Br)cc1F. The Morgan fingerprint density at radius 2 is 2.06 bits per heavy atom. The number of halogens is 2. The van der Waals surface area contributed by atoms with Crippen LogP contribution in [0.4, 0.5) is 4.39 Å². The number of hydrogen-bond donors (Lipinski definition) is 1. The molecule has 1 aromatic carbocycles. The van der Waals surface area contributed by atoms with Gasteiger partial charge in [-0.15, -0.1) is 0 Å². The van der Waals surface area contributed by atoms with Gasteiger partial charge in [-0.25, -0.2) is 4.39 Å². The molecule has 1 atom stereocenters. The Morgan fingerprint density at radius 1 is 1.39 bits per heavy atom. The van der Waals surface area contributed by atoms with Crippen LogP contribution in [0.1, 0.15) is 39.7 Å². The van der Waals surface area contributed by atoms with Crippen LogP contribution in [0.15, 0.2) is 22.7 Å². The topological polar surface area (TPSA) is 12.0 Å². The van der Waals surface area contributed by atoms with Crippen molar-refractivity contribution < 1.29 is 4.39 Å².